The Morgan fingerprint density at radius 2 is 1.62 bits per heavy atom. The van der Waals surface area contributed by atoms with Gasteiger partial charge in [0.2, 0.25) is 11.8 Å². The Kier molecular flexibility index (Phi) is 3.06. The molecule has 2 amide bonds. The highest BCUT2D eigenvalue weighted by Gasteiger charge is 2.20. The number of nitrogens with zero attached hydrogens (tertiary/aromatic N) is 2. The van der Waals surface area contributed by atoms with E-state index in [1.54, 1.807) is 16.7 Å². The van der Waals surface area contributed by atoms with Crippen LogP contribution in [0.5, 0.6) is 0 Å². The maximum Gasteiger partial charge on any atom is 0.246 e. The van der Waals surface area contributed by atoms with Gasteiger partial charge in [0.25, 0.3) is 0 Å². The fourth-order valence-corrected chi connectivity index (χ4v) is 1.37. The summed E-state index contributed by atoms with van der Waals surface area (Å²) >= 11 is 0. The number of carbonyl (C=O) groups excluding carboxylic acids is 2. The van der Waals surface area contributed by atoms with Crippen molar-refractivity contribution in [1.82, 2.24) is 9.80 Å². The molecule has 0 N–H and O–H groups in total. The lowest BCUT2D eigenvalue weighted by molar-refractivity contribution is -0.135. The van der Waals surface area contributed by atoms with E-state index in [0.29, 0.717) is 26.2 Å². The first-order valence-electron chi connectivity index (χ1n) is 4.32. The van der Waals surface area contributed by atoms with Crippen LogP contribution in [-0.2, 0) is 9.59 Å². The lowest BCUT2D eigenvalue weighted by Crippen LogP contribution is -2.49. The van der Waals surface area contributed by atoms with Crippen molar-refractivity contribution in [1.29, 1.82) is 0 Å². The summed E-state index contributed by atoms with van der Waals surface area (Å²) in [6.45, 7) is 7.46. The Balaban J connectivity index is 2.43. The number of piperazine rings is 1. The van der Waals surface area contributed by atoms with E-state index in [0.717, 1.165) is 0 Å². The van der Waals surface area contributed by atoms with Gasteiger partial charge in [-0.3, -0.25) is 9.59 Å². The molecule has 0 aliphatic carbocycles. The summed E-state index contributed by atoms with van der Waals surface area (Å²) in [5.74, 6) is 0.0221. The largest absolute Gasteiger partial charge is 0.339 e. The molecule has 4 heteroatoms. The lowest BCUT2D eigenvalue weighted by Gasteiger charge is -2.33. The van der Waals surface area contributed by atoms with Gasteiger partial charge in [0, 0.05) is 33.1 Å². The fraction of sp³-hybridized carbons (Fsp3) is 0.556. The summed E-state index contributed by atoms with van der Waals surface area (Å²) in [5.41, 5.74) is 0. The highest BCUT2D eigenvalue weighted by molar-refractivity contribution is 5.87. The second-order valence-electron chi connectivity index (χ2n) is 3.04. The van der Waals surface area contributed by atoms with Crippen molar-refractivity contribution < 1.29 is 9.59 Å². The van der Waals surface area contributed by atoms with Gasteiger partial charge in [-0.05, 0) is 6.08 Å². The van der Waals surface area contributed by atoms with Crippen molar-refractivity contribution in [2.24, 2.45) is 0 Å². The second-order valence-corrected chi connectivity index (χ2v) is 3.04. The number of hydrogen-bond acceptors (Lipinski definition) is 2. The quantitative estimate of drug-likeness (QED) is 0.530. The maximum absolute atomic E-state index is 11.1. The molecule has 0 unspecified atom stereocenters. The summed E-state index contributed by atoms with van der Waals surface area (Å²) in [5, 5.41) is 0. The zero-order valence-corrected chi connectivity index (χ0v) is 7.82. The molecule has 1 fully saturated rings. The third-order valence-corrected chi connectivity index (χ3v) is 2.21. The van der Waals surface area contributed by atoms with Crippen LogP contribution < -0.4 is 0 Å². The van der Waals surface area contributed by atoms with E-state index in [9.17, 15) is 9.59 Å². The number of rotatable bonds is 1. The Labute approximate surface area is 77.8 Å². The molecule has 4 nitrogen and oxygen atoms in total. The third kappa shape index (κ3) is 2.31. The Bertz CT molecular complexity index is 230. The highest BCUT2D eigenvalue weighted by atomic mass is 16.2. The topological polar surface area (TPSA) is 40.6 Å². The van der Waals surface area contributed by atoms with Crippen molar-refractivity contribution in [2.45, 2.75) is 6.92 Å². The molecule has 1 aliphatic heterocycles. The molecule has 0 aromatic rings. The van der Waals surface area contributed by atoms with Gasteiger partial charge < -0.3 is 9.80 Å². The van der Waals surface area contributed by atoms with Crippen molar-refractivity contribution in [3.8, 4) is 0 Å². The molecule has 1 rings (SSSR count). The van der Waals surface area contributed by atoms with Crippen molar-refractivity contribution >= 4 is 11.8 Å². The van der Waals surface area contributed by atoms with Crippen molar-refractivity contribution in [2.75, 3.05) is 26.2 Å². The molecule has 72 valence electrons. The van der Waals surface area contributed by atoms with Crippen molar-refractivity contribution in [3.63, 3.8) is 0 Å². The molecule has 0 aromatic heterocycles. The minimum Gasteiger partial charge on any atom is -0.339 e. The van der Waals surface area contributed by atoms with Crippen LogP contribution in [0, 0.1) is 0 Å². The van der Waals surface area contributed by atoms with Gasteiger partial charge in [-0.25, -0.2) is 0 Å². The Morgan fingerprint density at radius 3 is 2.00 bits per heavy atom. The first-order chi connectivity index (χ1) is 6.15. The maximum atomic E-state index is 11.1. The molecule has 0 bridgehead atoms. The molecule has 0 saturated carbocycles. The molecule has 1 saturated heterocycles. The number of carbonyl (C=O) groups is 2. The summed E-state index contributed by atoms with van der Waals surface area (Å²) < 4.78 is 0. The normalized spacial score (nSPS) is 17.0. The van der Waals surface area contributed by atoms with Crippen LogP contribution in [0.1, 0.15) is 6.92 Å². The zero-order valence-electron chi connectivity index (χ0n) is 7.82. The van der Waals surface area contributed by atoms with Gasteiger partial charge >= 0.3 is 0 Å². The van der Waals surface area contributed by atoms with E-state index in [2.05, 4.69) is 6.58 Å². The van der Waals surface area contributed by atoms with Crippen LogP contribution in [0.15, 0.2) is 12.7 Å². The van der Waals surface area contributed by atoms with Gasteiger partial charge in [-0.2, -0.15) is 0 Å². The molecule has 0 aromatic carbocycles. The van der Waals surface area contributed by atoms with Crippen LogP contribution in [0.3, 0.4) is 0 Å². The van der Waals surface area contributed by atoms with Gasteiger partial charge in [-0.1, -0.05) is 6.58 Å². The summed E-state index contributed by atoms with van der Waals surface area (Å²) in [4.78, 5) is 25.5. The van der Waals surface area contributed by atoms with Crippen LogP contribution in [0.4, 0.5) is 0 Å². The summed E-state index contributed by atoms with van der Waals surface area (Å²) in [7, 11) is 0. The number of hydrogen-bond donors (Lipinski definition) is 0. The molecular weight excluding hydrogens is 168 g/mol. The van der Waals surface area contributed by atoms with Gasteiger partial charge in [-0.15, -0.1) is 0 Å². The third-order valence-electron chi connectivity index (χ3n) is 2.21. The van der Waals surface area contributed by atoms with Crippen LogP contribution in [-0.4, -0.2) is 47.8 Å². The van der Waals surface area contributed by atoms with Crippen LogP contribution in [0.2, 0.25) is 0 Å². The predicted octanol–water partition coefficient (Wildman–Crippen LogP) is -0.137. The summed E-state index contributed by atoms with van der Waals surface area (Å²) in [6, 6.07) is 0. The van der Waals surface area contributed by atoms with E-state index in [4.69, 9.17) is 0 Å². The van der Waals surface area contributed by atoms with Gasteiger partial charge in [0.05, 0.1) is 0 Å². The zero-order chi connectivity index (χ0) is 9.84. The van der Waals surface area contributed by atoms with E-state index < -0.39 is 0 Å². The average molecular weight is 182 g/mol. The Hall–Kier alpha value is -1.32. The second kappa shape index (κ2) is 4.07. The molecule has 0 atom stereocenters. The smallest absolute Gasteiger partial charge is 0.246 e. The van der Waals surface area contributed by atoms with Gasteiger partial charge in [0.15, 0.2) is 0 Å². The summed E-state index contributed by atoms with van der Waals surface area (Å²) in [6.07, 6.45) is 1.31. The molecule has 0 radical (unpaired) electrons. The van der Waals surface area contributed by atoms with E-state index >= 15 is 0 Å². The molecule has 1 aliphatic rings. The van der Waals surface area contributed by atoms with E-state index in [1.807, 2.05) is 0 Å². The predicted molar refractivity (Wildman–Crippen MR) is 49.0 cm³/mol. The molecule has 13 heavy (non-hydrogen) atoms. The first-order valence-corrected chi connectivity index (χ1v) is 4.32. The van der Waals surface area contributed by atoms with Gasteiger partial charge in [0.1, 0.15) is 0 Å². The average Bonchev–Trinajstić information content (AvgIpc) is 2.17. The fourth-order valence-electron chi connectivity index (χ4n) is 1.37. The molecule has 1 heterocycles. The van der Waals surface area contributed by atoms with Crippen LogP contribution in [0.25, 0.3) is 0 Å². The van der Waals surface area contributed by atoms with E-state index in [-0.39, 0.29) is 11.8 Å². The first kappa shape index (κ1) is 9.77. The monoisotopic (exact) mass is 182 g/mol. The lowest BCUT2D eigenvalue weighted by atomic mass is 10.3. The standard InChI is InChI=1S/C9H14N2O2/c1-3-9(13)11-6-4-10(5-7-11)8(2)12/h3H,1,4-7H2,2H3. The Morgan fingerprint density at radius 1 is 1.15 bits per heavy atom. The minimum absolute atomic E-state index is 0.0526. The number of amides is 2. The SMILES string of the molecule is C=CC(=O)N1CCN(C(C)=O)CC1. The highest BCUT2D eigenvalue weighted by Crippen LogP contribution is 2.02. The minimum atomic E-state index is -0.0526. The van der Waals surface area contributed by atoms with Crippen LogP contribution >= 0.6 is 0 Å². The van der Waals surface area contributed by atoms with E-state index in [1.165, 1.54) is 6.08 Å². The molecule has 0 spiro atoms. The molecular formula is C9H14N2O2. The van der Waals surface area contributed by atoms with Crippen molar-refractivity contribution in [3.05, 3.63) is 12.7 Å².